The van der Waals surface area contributed by atoms with Crippen LogP contribution in [-0.2, 0) is 19.6 Å². The molecule has 32 heavy (non-hydrogen) atoms. The third kappa shape index (κ3) is 5.47. The minimum absolute atomic E-state index is 0.660. The lowest BCUT2D eigenvalue weighted by Crippen LogP contribution is -2.24. The first-order valence-corrected chi connectivity index (χ1v) is 10.5. The van der Waals surface area contributed by atoms with Gasteiger partial charge in [0, 0.05) is 37.6 Å². The molecule has 6 nitrogen and oxygen atoms in total. The van der Waals surface area contributed by atoms with Crippen LogP contribution in [0.25, 0.3) is 11.3 Å². The van der Waals surface area contributed by atoms with Gasteiger partial charge in [-0.25, -0.2) is 0 Å². The maximum atomic E-state index is 5.56. The number of hydrogen-bond acceptors (Lipinski definition) is 6. The second kappa shape index (κ2) is 10.5. The van der Waals surface area contributed by atoms with Gasteiger partial charge < -0.3 is 9.47 Å². The van der Waals surface area contributed by atoms with Gasteiger partial charge in [-0.15, -0.1) is 0 Å². The molecule has 3 aromatic heterocycles. The van der Waals surface area contributed by atoms with E-state index in [0.717, 1.165) is 39.8 Å². The molecule has 0 unspecified atom stereocenters. The largest absolute Gasteiger partial charge is 0.497 e. The Morgan fingerprint density at radius 3 is 1.94 bits per heavy atom. The van der Waals surface area contributed by atoms with Crippen molar-refractivity contribution in [1.29, 1.82) is 0 Å². The van der Waals surface area contributed by atoms with Gasteiger partial charge in [0.1, 0.15) is 11.5 Å². The highest BCUT2D eigenvalue weighted by Crippen LogP contribution is 2.32. The van der Waals surface area contributed by atoms with Crippen LogP contribution in [0.1, 0.15) is 17.1 Å². The molecule has 0 atom stereocenters. The molecule has 0 fully saturated rings. The first-order valence-electron chi connectivity index (χ1n) is 10.5. The fraction of sp³-hybridized carbons (Fsp3) is 0.192. The van der Waals surface area contributed by atoms with E-state index in [-0.39, 0.29) is 0 Å². The van der Waals surface area contributed by atoms with Crippen molar-refractivity contribution in [2.45, 2.75) is 19.6 Å². The molecule has 4 rings (SSSR count). The number of hydrogen-bond donors (Lipinski definition) is 0. The summed E-state index contributed by atoms with van der Waals surface area (Å²) >= 11 is 0. The average molecular weight is 427 g/mol. The van der Waals surface area contributed by atoms with Crippen LogP contribution in [0.4, 0.5) is 0 Å². The van der Waals surface area contributed by atoms with Crippen LogP contribution >= 0.6 is 0 Å². The number of ether oxygens (including phenoxy) is 2. The van der Waals surface area contributed by atoms with Gasteiger partial charge in [0.25, 0.3) is 0 Å². The molecule has 0 aliphatic heterocycles. The second-order valence-corrected chi connectivity index (χ2v) is 7.37. The zero-order valence-corrected chi connectivity index (χ0v) is 18.3. The molecular weight excluding hydrogens is 400 g/mol. The number of methoxy groups -OCH3 is 2. The van der Waals surface area contributed by atoms with E-state index < -0.39 is 0 Å². The Labute approximate surface area is 188 Å². The molecule has 162 valence electrons. The van der Waals surface area contributed by atoms with Crippen molar-refractivity contribution in [2.75, 3.05) is 14.2 Å². The molecule has 0 amide bonds. The molecule has 4 aromatic rings. The third-order valence-electron chi connectivity index (χ3n) is 5.10. The van der Waals surface area contributed by atoms with E-state index >= 15 is 0 Å². The minimum atomic E-state index is 0.660. The SMILES string of the molecule is COc1ccc(OC)c(-c2cccc(CN(Cc3ccccn3)Cc3ccccn3)n2)c1. The first kappa shape index (κ1) is 21.5. The zero-order chi connectivity index (χ0) is 22.2. The Balaban J connectivity index is 1.61. The van der Waals surface area contributed by atoms with Gasteiger partial charge in [0.2, 0.25) is 0 Å². The topological polar surface area (TPSA) is 60.4 Å². The van der Waals surface area contributed by atoms with Gasteiger partial charge in [0.15, 0.2) is 0 Å². The highest BCUT2D eigenvalue weighted by atomic mass is 16.5. The lowest BCUT2D eigenvalue weighted by atomic mass is 10.1. The third-order valence-corrected chi connectivity index (χ3v) is 5.10. The lowest BCUT2D eigenvalue weighted by Gasteiger charge is -2.21. The highest BCUT2D eigenvalue weighted by molar-refractivity contribution is 5.69. The molecule has 0 saturated carbocycles. The predicted octanol–water partition coefficient (Wildman–Crippen LogP) is 4.76. The lowest BCUT2D eigenvalue weighted by molar-refractivity contribution is 0.239. The van der Waals surface area contributed by atoms with Gasteiger partial charge in [-0.2, -0.15) is 0 Å². The fourth-order valence-corrected chi connectivity index (χ4v) is 3.57. The molecule has 0 spiro atoms. The van der Waals surface area contributed by atoms with Crippen LogP contribution in [0, 0.1) is 0 Å². The van der Waals surface area contributed by atoms with E-state index in [1.54, 1.807) is 14.2 Å². The van der Waals surface area contributed by atoms with E-state index in [1.165, 1.54) is 0 Å². The van der Waals surface area contributed by atoms with Crippen molar-refractivity contribution in [1.82, 2.24) is 19.9 Å². The highest BCUT2D eigenvalue weighted by Gasteiger charge is 2.13. The molecule has 3 heterocycles. The summed E-state index contributed by atoms with van der Waals surface area (Å²) in [6.45, 7) is 2.06. The Hall–Kier alpha value is -3.77. The summed E-state index contributed by atoms with van der Waals surface area (Å²) in [4.78, 5) is 16.2. The second-order valence-electron chi connectivity index (χ2n) is 7.37. The van der Waals surface area contributed by atoms with Gasteiger partial charge >= 0.3 is 0 Å². The number of pyridine rings is 3. The van der Waals surface area contributed by atoms with E-state index in [1.807, 2.05) is 85.2 Å². The molecular formula is C26H26N4O2. The van der Waals surface area contributed by atoms with Gasteiger partial charge in [-0.05, 0) is 54.6 Å². The Bertz CT molecular complexity index is 1100. The molecule has 0 aliphatic rings. The quantitative estimate of drug-likeness (QED) is 0.385. The Morgan fingerprint density at radius 2 is 1.34 bits per heavy atom. The van der Waals surface area contributed by atoms with Crippen LogP contribution in [0.5, 0.6) is 11.5 Å². The summed E-state index contributed by atoms with van der Waals surface area (Å²) in [5.74, 6) is 1.52. The minimum Gasteiger partial charge on any atom is -0.497 e. The maximum Gasteiger partial charge on any atom is 0.128 e. The van der Waals surface area contributed by atoms with Crippen LogP contribution in [0.15, 0.2) is 85.2 Å². The molecule has 0 radical (unpaired) electrons. The smallest absolute Gasteiger partial charge is 0.128 e. The summed E-state index contributed by atoms with van der Waals surface area (Å²) in [6, 6.07) is 23.7. The van der Waals surface area contributed by atoms with Gasteiger partial charge in [-0.1, -0.05) is 18.2 Å². The number of rotatable bonds is 9. The van der Waals surface area contributed by atoms with Gasteiger partial charge in [-0.3, -0.25) is 19.9 Å². The molecule has 0 bridgehead atoms. The van der Waals surface area contributed by atoms with E-state index in [2.05, 4.69) is 14.9 Å². The summed E-state index contributed by atoms with van der Waals surface area (Å²) < 4.78 is 11.0. The molecule has 1 aromatic carbocycles. The summed E-state index contributed by atoms with van der Waals surface area (Å²) in [7, 11) is 3.32. The van der Waals surface area contributed by atoms with Crippen molar-refractivity contribution >= 4 is 0 Å². The van der Waals surface area contributed by atoms with Crippen molar-refractivity contribution in [3.63, 3.8) is 0 Å². The maximum absolute atomic E-state index is 5.56. The normalized spacial score (nSPS) is 10.8. The van der Waals surface area contributed by atoms with E-state index in [0.29, 0.717) is 19.6 Å². The average Bonchev–Trinajstić information content (AvgIpc) is 2.85. The summed E-state index contributed by atoms with van der Waals surface area (Å²) in [5.41, 5.74) is 4.71. The molecule has 6 heteroatoms. The standard InChI is InChI=1S/C26H26N4O2/c1-31-23-12-13-26(32-2)24(16-23)25-11-7-10-22(29-25)19-30(17-20-8-3-5-14-27-20)18-21-9-4-6-15-28-21/h3-16H,17-19H2,1-2H3. The Kier molecular flexibility index (Phi) is 7.05. The van der Waals surface area contributed by atoms with E-state index in [9.17, 15) is 0 Å². The van der Waals surface area contributed by atoms with Crippen LogP contribution in [0.3, 0.4) is 0 Å². The summed E-state index contributed by atoms with van der Waals surface area (Å²) in [6.07, 6.45) is 3.64. The van der Waals surface area contributed by atoms with Crippen LogP contribution in [-0.4, -0.2) is 34.1 Å². The number of aromatic nitrogens is 3. The molecule has 0 aliphatic carbocycles. The zero-order valence-electron chi connectivity index (χ0n) is 18.3. The number of nitrogens with zero attached hydrogens (tertiary/aromatic N) is 4. The summed E-state index contributed by atoms with van der Waals surface area (Å²) in [5, 5.41) is 0. The Morgan fingerprint density at radius 1 is 0.688 bits per heavy atom. The van der Waals surface area contributed by atoms with Crippen molar-refractivity contribution in [2.24, 2.45) is 0 Å². The number of benzene rings is 1. The van der Waals surface area contributed by atoms with Crippen molar-refractivity contribution < 1.29 is 9.47 Å². The predicted molar refractivity (Wildman–Crippen MR) is 124 cm³/mol. The molecule has 0 N–H and O–H groups in total. The van der Waals surface area contributed by atoms with E-state index in [4.69, 9.17) is 14.5 Å². The van der Waals surface area contributed by atoms with Crippen LogP contribution in [0.2, 0.25) is 0 Å². The molecule has 0 saturated heterocycles. The fourth-order valence-electron chi connectivity index (χ4n) is 3.57. The monoisotopic (exact) mass is 426 g/mol. The van der Waals surface area contributed by atoms with Crippen molar-refractivity contribution in [3.05, 3.63) is 102 Å². The van der Waals surface area contributed by atoms with Crippen molar-refractivity contribution in [3.8, 4) is 22.8 Å². The van der Waals surface area contributed by atoms with Gasteiger partial charge in [0.05, 0.1) is 37.0 Å². The first-order chi connectivity index (χ1) is 15.7. The van der Waals surface area contributed by atoms with Crippen LogP contribution < -0.4 is 9.47 Å².